The number of nitrogens with zero attached hydrogens (tertiary/aromatic N) is 3. The topological polar surface area (TPSA) is 122 Å². The van der Waals surface area contributed by atoms with Crippen molar-refractivity contribution in [2.24, 2.45) is 0 Å². The number of nitrogens with one attached hydrogen (secondary N) is 1. The van der Waals surface area contributed by atoms with Crippen molar-refractivity contribution in [3.05, 3.63) is 64.6 Å². The molecule has 1 N–H and O–H groups in total. The Morgan fingerprint density at radius 3 is 2.38 bits per heavy atom. The van der Waals surface area contributed by atoms with Crippen LogP contribution < -0.4 is 11.1 Å². The molecule has 1 aliphatic rings. The number of piperazine rings is 1. The van der Waals surface area contributed by atoms with Gasteiger partial charge in [-0.05, 0) is 38.1 Å². The zero-order valence-corrected chi connectivity index (χ0v) is 19.7. The van der Waals surface area contributed by atoms with E-state index in [1.54, 1.807) is 55.1 Å². The first kappa shape index (κ1) is 23.7. The van der Waals surface area contributed by atoms with Gasteiger partial charge in [-0.1, -0.05) is 18.2 Å². The summed E-state index contributed by atoms with van der Waals surface area (Å²) in [5.74, 6) is -1.15. The summed E-state index contributed by atoms with van der Waals surface area (Å²) in [6.45, 7) is 4.46. The average molecular weight is 487 g/mol. The number of sulfonamides is 1. The third-order valence-corrected chi connectivity index (χ3v) is 7.79. The van der Waals surface area contributed by atoms with Gasteiger partial charge in [-0.2, -0.15) is 4.31 Å². The Kier molecular flexibility index (Phi) is 6.58. The Morgan fingerprint density at radius 2 is 1.74 bits per heavy atom. The van der Waals surface area contributed by atoms with Crippen LogP contribution in [-0.4, -0.2) is 66.2 Å². The minimum atomic E-state index is -3.83. The Morgan fingerprint density at radius 1 is 1.06 bits per heavy atom. The van der Waals surface area contributed by atoms with Gasteiger partial charge in [0, 0.05) is 44.4 Å². The lowest BCUT2D eigenvalue weighted by Gasteiger charge is -2.35. The number of hydrogen-bond acceptors (Lipinski definition) is 6. The molecular weight excluding hydrogens is 460 g/mol. The minimum absolute atomic E-state index is 0.0280. The van der Waals surface area contributed by atoms with Crippen molar-refractivity contribution in [3.63, 3.8) is 0 Å². The summed E-state index contributed by atoms with van der Waals surface area (Å²) >= 11 is 0. The van der Waals surface area contributed by atoms with Crippen LogP contribution in [0.1, 0.15) is 24.2 Å². The molecule has 1 saturated heterocycles. The second-order valence-electron chi connectivity index (χ2n) is 8.03. The Hall–Kier alpha value is -3.44. The molecule has 180 valence electrons. The SMILES string of the molecule is CCn1c(=O)oc2cc(S(=O)(=O)N3CCN(C(=O)[C@@H](C)NC(=O)c4ccccc4)CC3)ccc21. The Bertz CT molecular complexity index is 1370. The molecule has 2 aromatic carbocycles. The van der Waals surface area contributed by atoms with Crippen molar-refractivity contribution in [1.29, 1.82) is 0 Å². The van der Waals surface area contributed by atoms with Crippen molar-refractivity contribution in [2.75, 3.05) is 26.2 Å². The predicted molar refractivity (Wildman–Crippen MR) is 125 cm³/mol. The number of benzene rings is 2. The molecule has 4 rings (SSSR count). The normalized spacial score (nSPS) is 15.9. The third-order valence-electron chi connectivity index (χ3n) is 5.90. The number of hydrogen-bond donors (Lipinski definition) is 1. The standard InChI is InChI=1S/C23H26N4O6S/c1-3-27-19-10-9-18(15-20(19)33-23(27)30)34(31,32)26-13-11-25(12-14-26)22(29)16(2)24-21(28)17-7-5-4-6-8-17/h4-10,15-16H,3,11-14H2,1-2H3,(H,24,28)/t16-/m1/s1. The van der Waals surface area contributed by atoms with E-state index in [0.29, 0.717) is 17.6 Å². The zero-order valence-electron chi connectivity index (χ0n) is 18.9. The molecule has 34 heavy (non-hydrogen) atoms. The fourth-order valence-corrected chi connectivity index (χ4v) is 5.45. The molecule has 0 unspecified atom stereocenters. The van der Waals surface area contributed by atoms with E-state index in [-0.39, 0.29) is 48.5 Å². The molecule has 3 aromatic rings. The van der Waals surface area contributed by atoms with E-state index in [9.17, 15) is 22.8 Å². The Labute approximate surface area is 196 Å². The van der Waals surface area contributed by atoms with Crippen molar-refractivity contribution in [2.45, 2.75) is 31.3 Å². The summed E-state index contributed by atoms with van der Waals surface area (Å²) < 4.78 is 34.2. The molecule has 1 fully saturated rings. The number of carbonyl (C=O) groups excluding carboxylic acids is 2. The highest BCUT2D eigenvalue weighted by Crippen LogP contribution is 2.23. The maximum Gasteiger partial charge on any atom is 0.419 e. The molecule has 10 nitrogen and oxygen atoms in total. The molecule has 1 atom stereocenters. The number of carbonyl (C=O) groups is 2. The average Bonchev–Trinajstić information content (AvgIpc) is 3.18. The predicted octanol–water partition coefficient (Wildman–Crippen LogP) is 1.27. The summed E-state index contributed by atoms with van der Waals surface area (Å²) in [5.41, 5.74) is 1.21. The number of aryl methyl sites for hydroxylation is 1. The molecule has 0 bridgehead atoms. The van der Waals surface area contributed by atoms with Gasteiger partial charge in [0.25, 0.3) is 5.91 Å². The monoisotopic (exact) mass is 486 g/mol. The molecule has 0 saturated carbocycles. The number of fused-ring (bicyclic) bond motifs is 1. The van der Waals surface area contributed by atoms with Crippen molar-refractivity contribution in [3.8, 4) is 0 Å². The quantitative estimate of drug-likeness (QED) is 0.560. The maximum atomic E-state index is 13.1. The van der Waals surface area contributed by atoms with Gasteiger partial charge in [0.05, 0.1) is 10.4 Å². The largest absolute Gasteiger partial charge is 0.419 e. The van der Waals surface area contributed by atoms with E-state index < -0.39 is 21.8 Å². The molecule has 0 spiro atoms. The number of amides is 2. The van der Waals surface area contributed by atoms with Crippen LogP contribution in [0.3, 0.4) is 0 Å². The van der Waals surface area contributed by atoms with Gasteiger partial charge in [0.1, 0.15) is 6.04 Å². The van der Waals surface area contributed by atoms with Crippen LogP contribution in [-0.2, 0) is 21.4 Å². The summed E-state index contributed by atoms with van der Waals surface area (Å²) in [6.07, 6.45) is 0. The smallest absolute Gasteiger partial charge is 0.408 e. The van der Waals surface area contributed by atoms with Crippen molar-refractivity contribution < 1.29 is 22.4 Å². The van der Waals surface area contributed by atoms with E-state index in [4.69, 9.17) is 4.42 Å². The number of rotatable bonds is 6. The van der Waals surface area contributed by atoms with E-state index >= 15 is 0 Å². The van der Waals surface area contributed by atoms with Gasteiger partial charge in [0.2, 0.25) is 15.9 Å². The summed E-state index contributed by atoms with van der Waals surface area (Å²) in [7, 11) is -3.83. The molecule has 1 aliphatic heterocycles. The fraction of sp³-hybridized carbons (Fsp3) is 0.348. The second kappa shape index (κ2) is 9.43. The van der Waals surface area contributed by atoms with Crippen LogP contribution in [0, 0.1) is 0 Å². The van der Waals surface area contributed by atoms with Crippen LogP contribution in [0.4, 0.5) is 0 Å². The van der Waals surface area contributed by atoms with Crippen LogP contribution in [0.15, 0.2) is 62.6 Å². The second-order valence-corrected chi connectivity index (χ2v) is 9.97. The van der Waals surface area contributed by atoms with Crippen molar-refractivity contribution >= 4 is 32.9 Å². The maximum absolute atomic E-state index is 13.1. The van der Waals surface area contributed by atoms with E-state index in [2.05, 4.69) is 5.32 Å². The first-order valence-corrected chi connectivity index (χ1v) is 12.4. The van der Waals surface area contributed by atoms with Crippen LogP contribution in [0.2, 0.25) is 0 Å². The lowest BCUT2D eigenvalue weighted by atomic mass is 10.2. The molecule has 0 radical (unpaired) electrons. The lowest BCUT2D eigenvalue weighted by Crippen LogP contribution is -2.55. The molecule has 2 heterocycles. The molecule has 1 aromatic heterocycles. The van der Waals surface area contributed by atoms with Crippen LogP contribution in [0.5, 0.6) is 0 Å². The fourth-order valence-electron chi connectivity index (χ4n) is 4.01. The van der Waals surface area contributed by atoms with Crippen molar-refractivity contribution in [1.82, 2.24) is 19.1 Å². The van der Waals surface area contributed by atoms with Gasteiger partial charge in [-0.3, -0.25) is 14.2 Å². The first-order valence-electron chi connectivity index (χ1n) is 11.0. The van der Waals surface area contributed by atoms with Gasteiger partial charge < -0.3 is 14.6 Å². The Balaban J connectivity index is 1.40. The lowest BCUT2D eigenvalue weighted by molar-refractivity contribution is -0.134. The highest BCUT2D eigenvalue weighted by molar-refractivity contribution is 7.89. The van der Waals surface area contributed by atoms with E-state index in [1.165, 1.54) is 21.0 Å². The number of aromatic nitrogens is 1. The van der Waals surface area contributed by atoms with E-state index in [0.717, 1.165) is 0 Å². The van der Waals surface area contributed by atoms with Gasteiger partial charge >= 0.3 is 5.76 Å². The molecule has 0 aliphatic carbocycles. The van der Waals surface area contributed by atoms with Crippen LogP contribution >= 0.6 is 0 Å². The zero-order chi connectivity index (χ0) is 24.5. The summed E-state index contributed by atoms with van der Waals surface area (Å²) in [6, 6.07) is 12.2. The first-order chi connectivity index (χ1) is 16.2. The molecular formula is C23H26N4O6S. The highest BCUT2D eigenvalue weighted by atomic mass is 32.2. The number of oxazole rings is 1. The van der Waals surface area contributed by atoms with Gasteiger partial charge in [0.15, 0.2) is 5.58 Å². The molecule has 11 heteroatoms. The summed E-state index contributed by atoms with van der Waals surface area (Å²) in [4.78, 5) is 38.6. The van der Waals surface area contributed by atoms with Gasteiger partial charge in [-0.25, -0.2) is 13.2 Å². The minimum Gasteiger partial charge on any atom is -0.408 e. The van der Waals surface area contributed by atoms with E-state index in [1.807, 2.05) is 0 Å². The third kappa shape index (κ3) is 4.48. The summed E-state index contributed by atoms with van der Waals surface area (Å²) in [5, 5.41) is 2.69. The van der Waals surface area contributed by atoms with Gasteiger partial charge in [-0.15, -0.1) is 0 Å². The van der Waals surface area contributed by atoms with Crippen LogP contribution in [0.25, 0.3) is 11.1 Å². The molecule has 2 amide bonds. The highest BCUT2D eigenvalue weighted by Gasteiger charge is 2.32.